The van der Waals surface area contributed by atoms with E-state index in [1.54, 1.807) is 7.11 Å². The maximum atomic E-state index is 12.7. The van der Waals surface area contributed by atoms with Crippen LogP contribution in [0.15, 0.2) is 24.3 Å². The summed E-state index contributed by atoms with van der Waals surface area (Å²) in [5.41, 5.74) is 6.92. The summed E-state index contributed by atoms with van der Waals surface area (Å²) in [7, 11) is 1.65. The van der Waals surface area contributed by atoms with Crippen LogP contribution in [-0.4, -0.2) is 74.3 Å². The number of nitrogens with two attached hydrogens (primary N) is 1. The summed E-state index contributed by atoms with van der Waals surface area (Å²) < 4.78 is 10.7. The van der Waals surface area contributed by atoms with Crippen molar-refractivity contribution in [3.8, 4) is 5.75 Å². The number of amides is 1. The topological polar surface area (TPSA) is 68.0 Å². The molecule has 28 heavy (non-hydrogen) atoms. The number of nitrogens with zero attached hydrogens (tertiary/aromatic N) is 2. The Morgan fingerprint density at radius 2 is 1.75 bits per heavy atom. The molecule has 0 aliphatic carbocycles. The van der Waals surface area contributed by atoms with Crippen molar-refractivity contribution in [2.24, 2.45) is 5.73 Å². The highest BCUT2D eigenvalue weighted by molar-refractivity contribution is 5.85. The molecule has 0 atom stereocenters. The van der Waals surface area contributed by atoms with Gasteiger partial charge in [0, 0.05) is 51.5 Å². The van der Waals surface area contributed by atoms with Crippen LogP contribution < -0.4 is 10.5 Å². The van der Waals surface area contributed by atoms with E-state index in [2.05, 4.69) is 4.90 Å². The monoisotopic (exact) mass is 411 g/mol. The minimum absolute atomic E-state index is 0. The lowest BCUT2D eigenvalue weighted by molar-refractivity contribution is -0.132. The second-order valence-electron chi connectivity index (χ2n) is 7.51. The van der Waals surface area contributed by atoms with Gasteiger partial charge in [0.2, 0.25) is 5.91 Å². The van der Waals surface area contributed by atoms with E-state index in [4.69, 9.17) is 15.2 Å². The summed E-state index contributed by atoms with van der Waals surface area (Å²) in [6.07, 6.45) is 4.71. The molecule has 158 valence electrons. The molecule has 1 amide bonds. The third-order valence-electron chi connectivity index (χ3n) is 5.85. The van der Waals surface area contributed by atoms with Gasteiger partial charge < -0.3 is 20.1 Å². The van der Waals surface area contributed by atoms with E-state index in [0.717, 1.165) is 69.8 Å². The van der Waals surface area contributed by atoms with Crippen molar-refractivity contribution < 1.29 is 14.3 Å². The molecule has 0 spiro atoms. The van der Waals surface area contributed by atoms with Gasteiger partial charge in [0.05, 0.1) is 13.5 Å². The van der Waals surface area contributed by atoms with Crippen molar-refractivity contribution in [1.29, 1.82) is 0 Å². The van der Waals surface area contributed by atoms with Gasteiger partial charge in [0.1, 0.15) is 5.75 Å². The van der Waals surface area contributed by atoms with Gasteiger partial charge in [-0.1, -0.05) is 12.1 Å². The van der Waals surface area contributed by atoms with Crippen LogP contribution in [0.25, 0.3) is 0 Å². The average Bonchev–Trinajstić information content (AvgIpc) is 2.73. The molecule has 6 nitrogen and oxygen atoms in total. The fourth-order valence-electron chi connectivity index (χ4n) is 4.31. The summed E-state index contributed by atoms with van der Waals surface area (Å²) in [6, 6.07) is 8.87. The van der Waals surface area contributed by atoms with Gasteiger partial charge in [-0.15, -0.1) is 12.4 Å². The van der Waals surface area contributed by atoms with E-state index in [-0.39, 0.29) is 18.3 Å². The molecule has 2 aliphatic rings. The second kappa shape index (κ2) is 11.6. The normalized spacial score (nSPS) is 18.8. The molecule has 1 aromatic carbocycles. The molecule has 2 saturated heterocycles. The molecule has 7 heteroatoms. The molecule has 3 rings (SSSR count). The Kier molecular flexibility index (Phi) is 9.51. The van der Waals surface area contributed by atoms with Gasteiger partial charge in [-0.25, -0.2) is 0 Å². The maximum Gasteiger partial charge on any atom is 0.226 e. The molecule has 1 aromatic rings. The predicted molar refractivity (Wildman–Crippen MR) is 113 cm³/mol. The van der Waals surface area contributed by atoms with Crippen LogP contribution in [0.3, 0.4) is 0 Å². The highest BCUT2D eigenvalue weighted by Gasteiger charge is 2.31. The lowest BCUT2D eigenvalue weighted by Gasteiger charge is -2.43. The number of carbonyl (C=O) groups is 1. The van der Waals surface area contributed by atoms with E-state index in [1.165, 1.54) is 0 Å². The zero-order valence-electron chi connectivity index (χ0n) is 16.8. The summed E-state index contributed by atoms with van der Waals surface area (Å²) in [6.45, 7) is 5.01. The number of likely N-dealkylation sites (tertiary alicyclic amines) is 1. The fourth-order valence-corrected chi connectivity index (χ4v) is 4.31. The first-order chi connectivity index (χ1) is 13.2. The van der Waals surface area contributed by atoms with Crippen LogP contribution in [0.1, 0.15) is 31.2 Å². The molecule has 0 unspecified atom stereocenters. The van der Waals surface area contributed by atoms with Gasteiger partial charge in [0.25, 0.3) is 0 Å². The minimum Gasteiger partial charge on any atom is -0.497 e. The first kappa shape index (κ1) is 22.9. The van der Waals surface area contributed by atoms with E-state index in [9.17, 15) is 4.79 Å². The van der Waals surface area contributed by atoms with Gasteiger partial charge in [-0.2, -0.15) is 0 Å². The Morgan fingerprint density at radius 3 is 2.32 bits per heavy atom. The predicted octanol–water partition coefficient (Wildman–Crippen LogP) is 2.09. The summed E-state index contributed by atoms with van der Waals surface area (Å²) in [4.78, 5) is 17.3. The number of carbonyl (C=O) groups excluding carboxylic acids is 1. The molecular formula is C21H34ClN3O3. The Bertz CT molecular complexity index is 585. The highest BCUT2D eigenvalue weighted by Crippen LogP contribution is 2.24. The minimum atomic E-state index is 0. The lowest BCUT2D eigenvalue weighted by atomic mass is 9.97. The lowest BCUT2D eigenvalue weighted by Crippen LogP contribution is -2.52. The van der Waals surface area contributed by atoms with E-state index < -0.39 is 0 Å². The summed E-state index contributed by atoms with van der Waals surface area (Å²) in [5, 5.41) is 0. The number of halogens is 1. The van der Waals surface area contributed by atoms with Crippen LogP contribution in [0, 0.1) is 0 Å². The van der Waals surface area contributed by atoms with Crippen molar-refractivity contribution in [1.82, 2.24) is 9.80 Å². The maximum absolute atomic E-state index is 12.7. The Balaban J connectivity index is 0.00000280. The van der Waals surface area contributed by atoms with Crippen LogP contribution in [0.2, 0.25) is 0 Å². The van der Waals surface area contributed by atoms with E-state index >= 15 is 0 Å². The number of piperidine rings is 1. The SMILES string of the molecule is COc1ccc(CC(=O)N2CCC(N(CCN)C3CCOCC3)CC2)cc1.Cl. The summed E-state index contributed by atoms with van der Waals surface area (Å²) in [5.74, 6) is 1.04. The Labute approximate surface area is 174 Å². The van der Waals surface area contributed by atoms with Crippen molar-refractivity contribution in [3.05, 3.63) is 29.8 Å². The van der Waals surface area contributed by atoms with Gasteiger partial charge in [-0.3, -0.25) is 9.69 Å². The second-order valence-corrected chi connectivity index (χ2v) is 7.51. The molecule has 2 fully saturated rings. The van der Waals surface area contributed by atoms with Crippen molar-refractivity contribution in [2.75, 3.05) is 46.5 Å². The zero-order chi connectivity index (χ0) is 19.1. The molecule has 2 aliphatic heterocycles. The van der Waals surface area contributed by atoms with Gasteiger partial charge in [-0.05, 0) is 43.4 Å². The molecule has 0 aromatic heterocycles. The van der Waals surface area contributed by atoms with Crippen LogP contribution in [-0.2, 0) is 16.0 Å². The van der Waals surface area contributed by atoms with Crippen molar-refractivity contribution in [3.63, 3.8) is 0 Å². The standard InChI is InChI=1S/C21H33N3O3.ClH/c1-26-20-4-2-17(3-5-20)16-21(25)23-11-6-18(7-12-23)24(13-10-22)19-8-14-27-15-9-19;/h2-5,18-19H,6-16,22H2,1H3;1H. The van der Waals surface area contributed by atoms with Crippen molar-refractivity contribution in [2.45, 2.75) is 44.2 Å². The Morgan fingerprint density at radius 1 is 1.14 bits per heavy atom. The van der Waals surface area contributed by atoms with Crippen LogP contribution >= 0.6 is 12.4 Å². The number of methoxy groups -OCH3 is 1. The smallest absolute Gasteiger partial charge is 0.226 e. The third-order valence-corrected chi connectivity index (χ3v) is 5.85. The molecule has 2 heterocycles. The zero-order valence-corrected chi connectivity index (χ0v) is 17.7. The number of hydrogen-bond donors (Lipinski definition) is 1. The van der Waals surface area contributed by atoms with Crippen LogP contribution in [0.4, 0.5) is 0 Å². The fraction of sp³-hybridized carbons (Fsp3) is 0.667. The molecule has 2 N–H and O–H groups in total. The first-order valence-electron chi connectivity index (χ1n) is 10.2. The molecule has 0 bridgehead atoms. The highest BCUT2D eigenvalue weighted by atomic mass is 35.5. The average molecular weight is 412 g/mol. The quantitative estimate of drug-likeness (QED) is 0.744. The van der Waals surface area contributed by atoms with Crippen LogP contribution in [0.5, 0.6) is 5.75 Å². The number of ether oxygens (including phenoxy) is 2. The van der Waals surface area contributed by atoms with E-state index in [0.29, 0.717) is 25.0 Å². The number of benzene rings is 1. The first-order valence-corrected chi connectivity index (χ1v) is 10.2. The Hall–Kier alpha value is -1.34. The number of hydrogen-bond acceptors (Lipinski definition) is 5. The van der Waals surface area contributed by atoms with Crippen molar-refractivity contribution >= 4 is 18.3 Å². The molecule has 0 radical (unpaired) electrons. The van der Waals surface area contributed by atoms with Gasteiger partial charge >= 0.3 is 0 Å². The summed E-state index contributed by atoms with van der Waals surface area (Å²) >= 11 is 0. The van der Waals surface area contributed by atoms with Gasteiger partial charge in [0.15, 0.2) is 0 Å². The largest absolute Gasteiger partial charge is 0.497 e. The van der Waals surface area contributed by atoms with E-state index in [1.807, 2.05) is 29.2 Å². The number of rotatable bonds is 7. The molecule has 0 saturated carbocycles. The third kappa shape index (κ3) is 6.08. The molecular weight excluding hydrogens is 378 g/mol.